The van der Waals surface area contributed by atoms with E-state index in [0.717, 1.165) is 12.0 Å². The molecule has 1 aromatic rings. The maximum absolute atomic E-state index is 11.8. The predicted molar refractivity (Wildman–Crippen MR) is 83.5 cm³/mol. The molecular formula is C15H23ClN2O3. The van der Waals surface area contributed by atoms with Gasteiger partial charge in [0.1, 0.15) is 0 Å². The first-order chi connectivity index (χ1) is 10.1. The first-order valence-electron chi connectivity index (χ1n) is 7.00. The summed E-state index contributed by atoms with van der Waals surface area (Å²) in [6.07, 6.45) is 1.17. The molecule has 2 atom stereocenters. The minimum absolute atomic E-state index is 0.0179. The number of methoxy groups -OCH3 is 1. The smallest absolute Gasteiger partial charge is 0.315 e. The van der Waals surface area contributed by atoms with E-state index in [9.17, 15) is 4.79 Å². The Morgan fingerprint density at radius 3 is 2.86 bits per heavy atom. The molecule has 0 saturated heterocycles. The highest BCUT2D eigenvalue weighted by Gasteiger charge is 2.13. The summed E-state index contributed by atoms with van der Waals surface area (Å²) in [5.41, 5.74) is 0.915. The Morgan fingerprint density at radius 2 is 2.24 bits per heavy atom. The van der Waals surface area contributed by atoms with Crippen LogP contribution >= 0.6 is 11.6 Å². The maximum atomic E-state index is 11.8. The van der Waals surface area contributed by atoms with Gasteiger partial charge in [-0.25, -0.2) is 4.79 Å². The largest absolute Gasteiger partial charge is 0.396 e. The minimum atomic E-state index is -0.248. The van der Waals surface area contributed by atoms with Crippen LogP contribution < -0.4 is 10.6 Å². The fourth-order valence-electron chi connectivity index (χ4n) is 1.97. The number of hydrogen-bond acceptors (Lipinski definition) is 3. The molecule has 2 amide bonds. The number of urea groups is 1. The Morgan fingerprint density at radius 1 is 1.48 bits per heavy atom. The first-order valence-corrected chi connectivity index (χ1v) is 7.38. The van der Waals surface area contributed by atoms with E-state index in [4.69, 9.17) is 21.4 Å². The molecule has 0 bridgehead atoms. The van der Waals surface area contributed by atoms with Crippen LogP contribution in [-0.2, 0) is 4.74 Å². The number of rotatable bonds is 8. The van der Waals surface area contributed by atoms with Crippen LogP contribution in [0, 0.1) is 0 Å². The molecule has 0 aromatic heterocycles. The van der Waals surface area contributed by atoms with Crippen LogP contribution in [0.3, 0.4) is 0 Å². The average molecular weight is 315 g/mol. The number of hydrogen-bond donors (Lipinski definition) is 3. The van der Waals surface area contributed by atoms with Gasteiger partial charge in [-0.15, -0.1) is 0 Å². The van der Waals surface area contributed by atoms with E-state index in [2.05, 4.69) is 10.6 Å². The molecule has 0 aliphatic rings. The van der Waals surface area contributed by atoms with E-state index in [0.29, 0.717) is 18.0 Å². The SMILES string of the molecule is COC(CNC(=O)NC(C)CCCO)c1cccc(Cl)c1. The Bertz CT molecular complexity index is 443. The molecule has 3 N–H and O–H groups in total. The molecule has 0 aliphatic carbocycles. The Balaban J connectivity index is 2.43. The number of amides is 2. The summed E-state index contributed by atoms with van der Waals surface area (Å²) in [6.45, 7) is 2.39. The van der Waals surface area contributed by atoms with Crippen molar-refractivity contribution < 1.29 is 14.6 Å². The molecule has 1 aromatic carbocycles. The molecule has 0 aliphatic heterocycles. The summed E-state index contributed by atoms with van der Waals surface area (Å²) in [5, 5.41) is 15.0. The number of ether oxygens (including phenoxy) is 1. The van der Waals surface area contributed by atoms with E-state index < -0.39 is 0 Å². The second-order valence-electron chi connectivity index (χ2n) is 4.90. The van der Waals surface area contributed by atoms with Crippen molar-refractivity contribution in [1.82, 2.24) is 10.6 Å². The topological polar surface area (TPSA) is 70.6 Å². The van der Waals surface area contributed by atoms with Crippen molar-refractivity contribution in [1.29, 1.82) is 0 Å². The lowest BCUT2D eigenvalue weighted by molar-refractivity contribution is 0.104. The lowest BCUT2D eigenvalue weighted by atomic mass is 10.1. The lowest BCUT2D eigenvalue weighted by Crippen LogP contribution is -2.42. The summed E-state index contributed by atoms with van der Waals surface area (Å²) in [7, 11) is 1.59. The van der Waals surface area contributed by atoms with Crippen LogP contribution in [0.5, 0.6) is 0 Å². The highest BCUT2D eigenvalue weighted by atomic mass is 35.5. The number of carbonyl (C=O) groups excluding carboxylic acids is 1. The third-order valence-corrected chi connectivity index (χ3v) is 3.36. The summed E-state index contributed by atoms with van der Waals surface area (Å²) >= 11 is 5.95. The van der Waals surface area contributed by atoms with Gasteiger partial charge in [-0.05, 0) is 37.5 Å². The zero-order valence-corrected chi connectivity index (χ0v) is 13.2. The highest BCUT2D eigenvalue weighted by molar-refractivity contribution is 6.30. The van der Waals surface area contributed by atoms with Crippen LogP contribution in [0.1, 0.15) is 31.4 Å². The van der Waals surface area contributed by atoms with Gasteiger partial charge >= 0.3 is 6.03 Å². The van der Waals surface area contributed by atoms with Crippen molar-refractivity contribution in [2.45, 2.75) is 31.9 Å². The number of carbonyl (C=O) groups is 1. The molecule has 0 saturated carbocycles. The van der Waals surface area contributed by atoms with Gasteiger partial charge in [0.2, 0.25) is 0 Å². The van der Waals surface area contributed by atoms with E-state index in [1.165, 1.54) is 0 Å². The fourth-order valence-corrected chi connectivity index (χ4v) is 2.17. The number of aliphatic hydroxyl groups is 1. The third-order valence-electron chi connectivity index (χ3n) is 3.13. The minimum Gasteiger partial charge on any atom is -0.396 e. The number of benzene rings is 1. The number of aliphatic hydroxyl groups excluding tert-OH is 1. The molecule has 21 heavy (non-hydrogen) atoms. The zero-order valence-electron chi connectivity index (χ0n) is 12.4. The Kier molecular flexibility index (Phi) is 8.12. The quantitative estimate of drug-likeness (QED) is 0.690. The molecular weight excluding hydrogens is 292 g/mol. The molecule has 0 fully saturated rings. The van der Waals surface area contributed by atoms with Crippen molar-refractivity contribution in [3.63, 3.8) is 0 Å². The normalized spacial score (nSPS) is 13.5. The zero-order chi connectivity index (χ0) is 15.7. The summed E-state index contributed by atoms with van der Waals surface area (Å²) < 4.78 is 5.38. The lowest BCUT2D eigenvalue weighted by Gasteiger charge is -2.19. The van der Waals surface area contributed by atoms with Gasteiger partial charge in [-0.2, -0.15) is 0 Å². The molecule has 0 spiro atoms. The van der Waals surface area contributed by atoms with Crippen LogP contribution in [-0.4, -0.2) is 37.4 Å². The van der Waals surface area contributed by atoms with Gasteiger partial charge in [0.05, 0.1) is 6.10 Å². The highest BCUT2D eigenvalue weighted by Crippen LogP contribution is 2.19. The van der Waals surface area contributed by atoms with Crippen molar-refractivity contribution in [3.8, 4) is 0 Å². The Hall–Kier alpha value is -1.30. The predicted octanol–water partition coefficient (Wildman–Crippen LogP) is 2.49. The number of halogens is 1. The van der Waals surface area contributed by atoms with Gasteiger partial charge in [-0.1, -0.05) is 23.7 Å². The molecule has 5 nitrogen and oxygen atoms in total. The van der Waals surface area contributed by atoms with Crippen LogP contribution in [0.15, 0.2) is 24.3 Å². The van der Waals surface area contributed by atoms with Gasteiger partial charge in [-0.3, -0.25) is 0 Å². The van der Waals surface area contributed by atoms with Crippen LogP contribution in [0.2, 0.25) is 5.02 Å². The first kappa shape index (κ1) is 17.8. The van der Waals surface area contributed by atoms with Crippen molar-refractivity contribution in [2.75, 3.05) is 20.3 Å². The van der Waals surface area contributed by atoms with Crippen molar-refractivity contribution in [3.05, 3.63) is 34.9 Å². The van der Waals surface area contributed by atoms with E-state index in [1.807, 2.05) is 25.1 Å². The average Bonchev–Trinajstić information content (AvgIpc) is 2.46. The van der Waals surface area contributed by atoms with Gasteiger partial charge < -0.3 is 20.5 Å². The molecule has 0 radical (unpaired) electrons. The molecule has 0 heterocycles. The molecule has 1 rings (SSSR count). The van der Waals surface area contributed by atoms with Gasteiger partial charge in [0.15, 0.2) is 0 Å². The monoisotopic (exact) mass is 314 g/mol. The second kappa shape index (κ2) is 9.60. The summed E-state index contributed by atoms with van der Waals surface area (Å²) in [5.74, 6) is 0. The molecule has 118 valence electrons. The maximum Gasteiger partial charge on any atom is 0.315 e. The Labute approximate surface area is 130 Å². The summed E-state index contributed by atoms with van der Waals surface area (Å²) in [4.78, 5) is 11.8. The molecule has 6 heteroatoms. The van der Waals surface area contributed by atoms with E-state index in [-0.39, 0.29) is 24.8 Å². The number of nitrogens with one attached hydrogen (secondary N) is 2. The van der Waals surface area contributed by atoms with Gasteiger partial charge in [0.25, 0.3) is 0 Å². The third kappa shape index (κ3) is 6.80. The van der Waals surface area contributed by atoms with Crippen molar-refractivity contribution >= 4 is 17.6 Å². The van der Waals surface area contributed by atoms with Gasteiger partial charge in [0, 0.05) is 31.3 Å². The summed E-state index contributed by atoms with van der Waals surface area (Å²) in [6, 6.07) is 7.14. The van der Waals surface area contributed by atoms with Crippen molar-refractivity contribution in [2.24, 2.45) is 0 Å². The standard InChI is InChI=1S/C15H23ClN2O3/c1-11(5-4-8-19)18-15(20)17-10-14(21-2)12-6-3-7-13(16)9-12/h3,6-7,9,11,14,19H,4-5,8,10H2,1-2H3,(H2,17,18,20). The van der Waals surface area contributed by atoms with E-state index >= 15 is 0 Å². The van der Waals surface area contributed by atoms with E-state index in [1.54, 1.807) is 13.2 Å². The van der Waals surface area contributed by atoms with Crippen LogP contribution in [0.4, 0.5) is 4.79 Å². The van der Waals surface area contributed by atoms with Crippen LogP contribution in [0.25, 0.3) is 0 Å². The second-order valence-corrected chi connectivity index (χ2v) is 5.34. The fraction of sp³-hybridized carbons (Fsp3) is 0.533. The molecule has 2 unspecified atom stereocenters.